The summed E-state index contributed by atoms with van der Waals surface area (Å²) in [6.07, 6.45) is 4.86. The highest BCUT2D eigenvalue weighted by Crippen LogP contribution is 2.29. The lowest BCUT2D eigenvalue weighted by Gasteiger charge is -2.38. The van der Waals surface area contributed by atoms with Gasteiger partial charge in [0.2, 0.25) is 5.91 Å². The van der Waals surface area contributed by atoms with Crippen LogP contribution in [-0.2, 0) is 11.3 Å². The summed E-state index contributed by atoms with van der Waals surface area (Å²) in [4.78, 5) is 35.5. The van der Waals surface area contributed by atoms with Crippen molar-refractivity contribution >= 4 is 35.3 Å². The van der Waals surface area contributed by atoms with Crippen LogP contribution in [0.1, 0.15) is 40.7 Å². The molecular formula is C25H26ClFN4O2. The van der Waals surface area contributed by atoms with Crippen molar-refractivity contribution < 1.29 is 14.0 Å². The highest BCUT2D eigenvalue weighted by atomic mass is 35.5. The Kier molecular flexibility index (Phi) is 6.06. The number of piperazine rings is 1. The van der Waals surface area contributed by atoms with Crippen LogP contribution in [0, 0.1) is 11.7 Å². The van der Waals surface area contributed by atoms with Gasteiger partial charge in [-0.15, -0.1) is 0 Å². The lowest BCUT2D eigenvalue weighted by Crippen LogP contribution is -2.52. The number of carbonyl (C=O) groups excluding carboxylic acids is 2. The van der Waals surface area contributed by atoms with Gasteiger partial charge in [0.25, 0.3) is 5.91 Å². The molecular weight excluding hydrogens is 443 g/mol. The lowest BCUT2D eigenvalue weighted by atomic mass is 9.84. The van der Waals surface area contributed by atoms with Gasteiger partial charge in [-0.2, -0.15) is 0 Å². The molecule has 3 aliphatic rings. The van der Waals surface area contributed by atoms with Crippen molar-refractivity contribution in [3.8, 4) is 0 Å². The van der Waals surface area contributed by atoms with Gasteiger partial charge in [-0.1, -0.05) is 18.0 Å². The minimum atomic E-state index is -0.354. The number of rotatable bonds is 4. The quantitative estimate of drug-likeness (QED) is 0.682. The van der Waals surface area contributed by atoms with Gasteiger partial charge in [-0.3, -0.25) is 14.6 Å². The number of benzene rings is 2. The fraction of sp³-hybridized carbons (Fsp3) is 0.400. The van der Waals surface area contributed by atoms with Crippen molar-refractivity contribution in [1.29, 1.82) is 0 Å². The molecule has 0 bridgehead atoms. The van der Waals surface area contributed by atoms with Gasteiger partial charge in [0.05, 0.1) is 0 Å². The number of carbonyl (C=O) groups is 2. The third-order valence-electron chi connectivity index (χ3n) is 6.80. The number of hydrogen-bond donors (Lipinski definition) is 0. The van der Waals surface area contributed by atoms with Gasteiger partial charge < -0.3 is 14.7 Å². The molecule has 2 heterocycles. The molecule has 6 nitrogen and oxygen atoms in total. The van der Waals surface area contributed by atoms with Crippen LogP contribution in [0.5, 0.6) is 0 Å². The van der Waals surface area contributed by atoms with E-state index in [1.54, 1.807) is 23.2 Å². The fourth-order valence-corrected chi connectivity index (χ4v) is 4.81. The number of halogens is 2. The van der Waals surface area contributed by atoms with E-state index in [1.165, 1.54) is 12.1 Å². The normalized spacial score (nSPS) is 18.2. The summed E-state index contributed by atoms with van der Waals surface area (Å²) in [5.74, 6) is -0.0845. The van der Waals surface area contributed by atoms with Crippen molar-refractivity contribution in [3.05, 3.63) is 63.9 Å². The maximum absolute atomic E-state index is 14.7. The molecule has 8 heteroatoms. The number of nitrogens with zero attached hydrogens (tertiary/aromatic N) is 4. The molecule has 1 aliphatic carbocycles. The summed E-state index contributed by atoms with van der Waals surface area (Å²) in [6.45, 7) is 2.81. The van der Waals surface area contributed by atoms with E-state index in [0.29, 0.717) is 55.5 Å². The molecule has 2 aliphatic heterocycles. The molecule has 0 spiro atoms. The number of anilines is 1. The smallest absolute Gasteiger partial charge is 0.253 e. The molecule has 2 aromatic carbocycles. The zero-order valence-electron chi connectivity index (χ0n) is 18.3. The molecule has 2 fully saturated rings. The second-order valence-electron chi connectivity index (χ2n) is 8.91. The third-order valence-corrected chi connectivity index (χ3v) is 7.03. The van der Waals surface area contributed by atoms with E-state index in [0.717, 1.165) is 30.5 Å². The van der Waals surface area contributed by atoms with Crippen LogP contribution in [0.3, 0.4) is 0 Å². The molecule has 0 aromatic heterocycles. The highest BCUT2D eigenvalue weighted by molar-refractivity contribution is 6.31. The second kappa shape index (κ2) is 9.14. The Labute approximate surface area is 197 Å². The van der Waals surface area contributed by atoms with E-state index < -0.39 is 0 Å². The minimum absolute atomic E-state index is 0.129. The highest BCUT2D eigenvalue weighted by Gasteiger charge is 2.32. The summed E-state index contributed by atoms with van der Waals surface area (Å²) >= 11 is 6.09. The molecule has 33 heavy (non-hydrogen) atoms. The number of aliphatic imine (C=N–C) groups is 1. The largest absolute Gasteiger partial charge is 0.347 e. The van der Waals surface area contributed by atoms with Crippen LogP contribution in [0.15, 0.2) is 41.4 Å². The molecule has 0 unspecified atom stereocenters. The SMILES string of the molecule is O=C(c1ccc(F)c(CN2CN=Cc3cc(Cl)ccc32)c1)N1CCN(C(=O)C2CCC2)CC1. The number of hydrogen-bond acceptors (Lipinski definition) is 4. The molecule has 2 aromatic rings. The van der Waals surface area contributed by atoms with Gasteiger partial charge in [-0.05, 0) is 49.2 Å². The van der Waals surface area contributed by atoms with Crippen molar-refractivity contribution in [3.63, 3.8) is 0 Å². The van der Waals surface area contributed by atoms with Crippen molar-refractivity contribution in [1.82, 2.24) is 9.80 Å². The number of amides is 2. The number of fused-ring (bicyclic) bond motifs is 1. The predicted molar refractivity (Wildman–Crippen MR) is 126 cm³/mol. The van der Waals surface area contributed by atoms with Crippen LogP contribution >= 0.6 is 11.6 Å². The molecule has 0 atom stereocenters. The average molecular weight is 469 g/mol. The molecule has 0 N–H and O–H groups in total. The van der Waals surface area contributed by atoms with E-state index in [1.807, 2.05) is 21.9 Å². The molecule has 0 radical (unpaired) electrons. The summed E-state index contributed by atoms with van der Waals surface area (Å²) in [6, 6.07) is 10.1. The Morgan fingerprint density at radius 1 is 1.03 bits per heavy atom. The van der Waals surface area contributed by atoms with Crippen LogP contribution in [0.25, 0.3) is 0 Å². The molecule has 172 valence electrons. The summed E-state index contributed by atoms with van der Waals surface area (Å²) < 4.78 is 14.7. The Morgan fingerprint density at radius 2 is 1.79 bits per heavy atom. The average Bonchev–Trinajstić information content (AvgIpc) is 2.79. The van der Waals surface area contributed by atoms with Gasteiger partial charge in [0.1, 0.15) is 12.5 Å². The second-order valence-corrected chi connectivity index (χ2v) is 9.34. The first kappa shape index (κ1) is 21.9. The molecule has 5 rings (SSSR count). The Hall–Kier alpha value is -2.93. The van der Waals surface area contributed by atoms with Crippen LogP contribution < -0.4 is 4.90 Å². The monoisotopic (exact) mass is 468 g/mol. The molecule has 1 saturated heterocycles. The van der Waals surface area contributed by atoms with E-state index in [9.17, 15) is 14.0 Å². The third kappa shape index (κ3) is 4.47. The topological polar surface area (TPSA) is 56.2 Å². The summed E-state index contributed by atoms with van der Waals surface area (Å²) in [5.41, 5.74) is 2.72. The molecule has 2 amide bonds. The van der Waals surface area contributed by atoms with Gasteiger partial charge in [-0.25, -0.2) is 4.39 Å². The zero-order valence-corrected chi connectivity index (χ0v) is 19.1. The first-order chi connectivity index (χ1) is 16.0. The van der Waals surface area contributed by atoms with Gasteiger partial charge >= 0.3 is 0 Å². The van der Waals surface area contributed by atoms with Gasteiger partial charge in [0.15, 0.2) is 0 Å². The van der Waals surface area contributed by atoms with Crippen LogP contribution in [0.2, 0.25) is 5.02 Å². The summed E-state index contributed by atoms with van der Waals surface area (Å²) in [5, 5.41) is 0.621. The van der Waals surface area contributed by atoms with Crippen molar-refractivity contribution in [2.45, 2.75) is 25.8 Å². The zero-order chi connectivity index (χ0) is 22.9. The van der Waals surface area contributed by atoms with E-state index in [2.05, 4.69) is 4.99 Å². The van der Waals surface area contributed by atoms with E-state index in [4.69, 9.17) is 11.6 Å². The van der Waals surface area contributed by atoms with E-state index in [-0.39, 0.29) is 23.5 Å². The summed E-state index contributed by atoms with van der Waals surface area (Å²) in [7, 11) is 0. The predicted octanol–water partition coefficient (Wildman–Crippen LogP) is 3.96. The van der Waals surface area contributed by atoms with Crippen LogP contribution in [0.4, 0.5) is 10.1 Å². The van der Waals surface area contributed by atoms with Crippen molar-refractivity contribution in [2.75, 3.05) is 37.7 Å². The Bertz CT molecular complexity index is 1110. The minimum Gasteiger partial charge on any atom is -0.347 e. The first-order valence-corrected chi connectivity index (χ1v) is 11.8. The lowest BCUT2D eigenvalue weighted by molar-refractivity contribution is -0.139. The first-order valence-electron chi connectivity index (χ1n) is 11.4. The standard InChI is InChI=1S/C25H26ClFN4O2/c26-21-5-7-23-19(13-21)14-28-16-31(23)15-20-12-18(4-6-22(20)27)25(33)30-10-8-29(9-11-30)24(32)17-2-1-3-17/h4-7,12-14,17H,1-3,8-11,15-16H2. The Balaban J connectivity index is 1.27. The van der Waals surface area contributed by atoms with Crippen molar-refractivity contribution in [2.24, 2.45) is 10.9 Å². The van der Waals surface area contributed by atoms with Gasteiger partial charge in [0, 0.05) is 72.3 Å². The fourth-order valence-electron chi connectivity index (χ4n) is 4.63. The molecule has 1 saturated carbocycles. The maximum Gasteiger partial charge on any atom is 0.253 e. The van der Waals surface area contributed by atoms with E-state index >= 15 is 0 Å². The Morgan fingerprint density at radius 3 is 2.52 bits per heavy atom. The maximum atomic E-state index is 14.7. The van der Waals surface area contributed by atoms with Crippen LogP contribution in [-0.4, -0.2) is 60.7 Å².